The smallest absolute Gasteiger partial charge is 0.230 e. The topological polar surface area (TPSA) is 131 Å². The molecule has 1 aliphatic rings. The summed E-state index contributed by atoms with van der Waals surface area (Å²) < 4.78 is 22.4. The molecule has 1 amide bonds. The van der Waals surface area contributed by atoms with E-state index in [0.717, 1.165) is 11.8 Å². The molecule has 2 rings (SSSR count). The van der Waals surface area contributed by atoms with Crippen molar-refractivity contribution in [1.29, 1.82) is 0 Å². The van der Waals surface area contributed by atoms with Crippen molar-refractivity contribution in [2.24, 2.45) is 0 Å². The summed E-state index contributed by atoms with van der Waals surface area (Å²) in [5, 5.41) is 9.30. The van der Waals surface area contributed by atoms with Gasteiger partial charge < -0.3 is 11.1 Å². The largest absolute Gasteiger partial charge is 0.368 e. The Morgan fingerprint density at radius 2 is 2.39 bits per heavy atom. The molecule has 0 aromatic carbocycles. The average molecular weight is 291 g/mol. The summed E-state index contributed by atoms with van der Waals surface area (Å²) in [6.07, 6.45) is 0.479. The van der Waals surface area contributed by atoms with Crippen molar-refractivity contribution in [3.8, 4) is 0 Å². The molecule has 18 heavy (non-hydrogen) atoms. The maximum Gasteiger partial charge on any atom is 0.230 e. The van der Waals surface area contributed by atoms with Crippen LogP contribution in [0.3, 0.4) is 0 Å². The van der Waals surface area contributed by atoms with Crippen LogP contribution in [0.25, 0.3) is 0 Å². The molecular weight excluding hydrogens is 278 g/mol. The van der Waals surface area contributed by atoms with Crippen LogP contribution in [-0.4, -0.2) is 52.8 Å². The normalized spacial score (nSPS) is 21.9. The van der Waals surface area contributed by atoms with Gasteiger partial charge in [-0.1, -0.05) is 11.8 Å². The zero-order valence-electron chi connectivity index (χ0n) is 9.42. The minimum absolute atomic E-state index is 0.0248. The molecule has 1 atom stereocenters. The van der Waals surface area contributed by atoms with Gasteiger partial charge in [0.1, 0.15) is 0 Å². The molecule has 1 aromatic rings. The Bertz CT molecular complexity index is 541. The summed E-state index contributed by atoms with van der Waals surface area (Å²) >= 11 is 1.14. The number of nitrogens with two attached hydrogens (primary N) is 1. The van der Waals surface area contributed by atoms with Crippen molar-refractivity contribution in [3.63, 3.8) is 0 Å². The number of thioether (sulfide) groups is 1. The van der Waals surface area contributed by atoms with Gasteiger partial charge in [-0.25, -0.2) is 13.5 Å². The van der Waals surface area contributed by atoms with Crippen molar-refractivity contribution in [1.82, 2.24) is 20.5 Å². The van der Waals surface area contributed by atoms with Gasteiger partial charge in [0, 0.05) is 6.04 Å². The third kappa shape index (κ3) is 3.60. The number of nitrogens with zero attached hydrogens (tertiary/aromatic N) is 2. The lowest BCUT2D eigenvalue weighted by Crippen LogP contribution is -2.36. The maximum atomic E-state index is 11.6. The standard InChI is InChI=1S/C8H13N5O3S2/c9-7-11-8(13-12-7)17-3-6(14)10-5-1-2-18(15,16)4-5/h5H,1-4H2,(H,10,14)(H3,9,11,12,13)/t5-/m0/s1. The van der Waals surface area contributed by atoms with Gasteiger partial charge >= 0.3 is 0 Å². The molecule has 10 heteroatoms. The second-order valence-corrected chi connectivity index (χ2v) is 7.13. The van der Waals surface area contributed by atoms with Gasteiger partial charge in [-0.15, -0.1) is 5.10 Å². The fraction of sp³-hybridized carbons (Fsp3) is 0.625. The lowest BCUT2D eigenvalue weighted by molar-refractivity contribution is -0.119. The molecule has 1 saturated heterocycles. The zero-order chi connectivity index (χ0) is 13.2. The predicted molar refractivity (Wildman–Crippen MR) is 66.7 cm³/mol. The van der Waals surface area contributed by atoms with Crippen LogP contribution < -0.4 is 11.1 Å². The number of sulfone groups is 1. The lowest BCUT2D eigenvalue weighted by Gasteiger charge is -2.09. The molecule has 1 aliphatic heterocycles. The fourth-order valence-electron chi connectivity index (χ4n) is 1.63. The Hall–Kier alpha value is -1.29. The van der Waals surface area contributed by atoms with Gasteiger partial charge in [-0.2, -0.15) is 4.98 Å². The Morgan fingerprint density at radius 1 is 1.61 bits per heavy atom. The van der Waals surface area contributed by atoms with Crippen LogP contribution >= 0.6 is 11.8 Å². The van der Waals surface area contributed by atoms with Crippen molar-refractivity contribution in [2.75, 3.05) is 23.0 Å². The van der Waals surface area contributed by atoms with E-state index in [4.69, 9.17) is 5.73 Å². The molecule has 8 nitrogen and oxygen atoms in total. The molecule has 0 saturated carbocycles. The summed E-state index contributed by atoms with van der Waals surface area (Å²) in [5.41, 5.74) is 5.34. The van der Waals surface area contributed by atoms with Crippen molar-refractivity contribution >= 4 is 33.5 Å². The number of amides is 1. The number of hydrogen-bond donors (Lipinski definition) is 3. The number of nitrogens with one attached hydrogen (secondary N) is 2. The first-order chi connectivity index (χ1) is 8.44. The van der Waals surface area contributed by atoms with E-state index in [2.05, 4.69) is 20.5 Å². The molecule has 0 bridgehead atoms. The molecule has 100 valence electrons. The van der Waals surface area contributed by atoms with Crippen LogP contribution in [0.4, 0.5) is 5.95 Å². The van der Waals surface area contributed by atoms with Crippen LogP contribution in [0.5, 0.6) is 0 Å². The van der Waals surface area contributed by atoms with E-state index >= 15 is 0 Å². The Kier molecular flexibility index (Phi) is 3.76. The highest BCUT2D eigenvalue weighted by atomic mass is 32.2. The first-order valence-corrected chi connectivity index (χ1v) is 8.06. The molecule has 2 heterocycles. The fourth-order valence-corrected chi connectivity index (χ4v) is 3.92. The number of carbonyl (C=O) groups is 1. The molecule has 1 aromatic heterocycles. The number of H-pyrrole nitrogens is 1. The van der Waals surface area contributed by atoms with Gasteiger partial charge in [0.25, 0.3) is 0 Å². The van der Waals surface area contributed by atoms with Gasteiger partial charge in [0.15, 0.2) is 9.84 Å². The molecule has 4 N–H and O–H groups in total. The number of aromatic nitrogens is 3. The number of carbonyl (C=O) groups excluding carboxylic acids is 1. The van der Waals surface area contributed by atoms with Crippen molar-refractivity contribution in [2.45, 2.75) is 17.6 Å². The number of anilines is 1. The van der Waals surface area contributed by atoms with E-state index in [1.807, 2.05) is 0 Å². The van der Waals surface area contributed by atoms with Gasteiger partial charge in [0.05, 0.1) is 17.3 Å². The predicted octanol–water partition coefficient (Wildman–Crippen LogP) is -1.22. The van der Waals surface area contributed by atoms with Crippen molar-refractivity contribution < 1.29 is 13.2 Å². The summed E-state index contributed by atoms with van der Waals surface area (Å²) in [6, 6.07) is -0.277. The van der Waals surface area contributed by atoms with Crippen LogP contribution in [0.2, 0.25) is 0 Å². The first-order valence-electron chi connectivity index (χ1n) is 5.25. The average Bonchev–Trinajstić information content (AvgIpc) is 2.82. The number of aromatic amines is 1. The first kappa shape index (κ1) is 13.1. The molecule has 0 radical (unpaired) electrons. The molecule has 0 aliphatic carbocycles. The van der Waals surface area contributed by atoms with E-state index < -0.39 is 9.84 Å². The van der Waals surface area contributed by atoms with E-state index in [9.17, 15) is 13.2 Å². The van der Waals surface area contributed by atoms with Gasteiger partial charge in [-0.05, 0) is 6.42 Å². The second kappa shape index (κ2) is 5.14. The summed E-state index contributed by atoms with van der Waals surface area (Å²) in [4.78, 5) is 15.4. The van der Waals surface area contributed by atoms with Crippen LogP contribution in [0.1, 0.15) is 6.42 Å². The van der Waals surface area contributed by atoms with E-state index in [-0.39, 0.29) is 35.2 Å². The molecule has 0 spiro atoms. The zero-order valence-corrected chi connectivity index (χ0v) is 11.1. The van der Waals surface area contributed by atoms with Crippen molar-refractivity contribution in [3.05, 3.63) is 0 Å². The Morgan fingerprint density at radius 3 is 2.94 bits per heavy atom. The van der Waals surface area contributed by atoms with Crippen LogP contribution in [0.15, 0.2) is 5.16 Å². The summed E-state index contributed by atoms with van der Waals surface area (Å²) in [5.74, 6) is 0.262. The molecular formula is C8H13N5O3S2. The van der Waals surface area contributed by atoms with Crippen LogP contribution in [-0.2, 0) is 14.6 Å². The van der Waals surface area contributed by atoms with Gasteiger partial charge in [-0.3, -0.25) is 4.79 Å². The van der Waals surface area contributed by atoms with Crippen LogP contribution in [0, 0.1) is 0 Å². The highest BCUT2D eigenvalue weighted by molar-refractivity contribution is 7.99. The number of nitrogen functional groups attached to an aromatic ring is 1. The number of hydrogen-bond acceptors (Lipinski definition) is 7. The Balaban J connectivity index is 1.76. The van der Waals surface area contributed by atoms with E-state index in [0.29, 0.717) is 11.6 Å². The van der Waals surface area contributed by atoms with E-state index in [1.54, 1.807) is 0 Å². The third-order valence-corrected chi connectivity index (χ3v) is 5.03. The minimum atomic E-state index is -2.97. The van der Waals surface area contributed by atoms with Gasteiger partial charge in [0.2, 0.25) is 17.0 Å². The molecule has 1 fully saturated rings. The molecule has 0 unspecified atom stereocenters. The summed E-state index contributed by atoms with van der Waals surface area (Å²) in [6.45, 7) is 0. The highest BCUT2D eigenvalue weighted by Gasteiger charge is 2.28. The number of rotatable bonds is 4. The summed E-state index contributed by atoms with van der Waals surface area (Å²) in [7, 11) is -2.97. The SMILES string of the molecule is Nc1nc(SCC(=O)N[C@H]2CCS(=O)(=O)C2)n[nH]1. The van der Waals surface area contributed by atoms with E-state index in [1.165, 1.54) is 0 Å². The maximum absolute atomic E-state index is 11.6. The monoisotopic (exact) mass is 291 g/mol. The lowest BCUT2D eigenvalue weighted by atomic mass is 10.3. The Labute approximate surface area is 108 Å². The minimum Gasteiger partial charge on any atom is -0.368 e. The third-order valence-electron chi connectivity index (χ3n) is 2.41. The second-order valence-electron chi connectivity index (χ2n) is 3.96. The highest BCUT2D eigenvalue weighted by Crippen LogP contribution is 2.14. The quantitative estimate of drug-likeness (QED) is 0.593.